The average molecular weight is 399 g/mol. The molecule has 2 spiro atoms. The lowest BCUT2D eigenvalue weighted by molar-refractivity contribution is -0.130. The van der Waals surface area contributed by atoms with Crippen molar-refractivity contribution in [2.45, 2.75) is 95.5 Å². The van der Waals surface area contributed by atoms with E-state index in [2.05, 4.69) is 20.4 Å². The molecule has 5 unspecified atom stereocenters. The van der Waals surface area contributed by atoms with Crippen LogP contribution in [0.25, 0.3) is 0 Å². The standard InChI is InChI=1S/C25H34O4/c1-6-7-16-12-25(14-19(26)22(4,5)29-25)21-17(20(16)27)8-9-24(28-21)11-10-23(15(2)3)13-18(23)24/h6,12,15,18-19,26H,1,7-11,13-14H2,2-5H3. The summed E-state index contributed by atoms with van der Waals surface area (Å²) < 4.78 is 13.4. The van der Waals surface area contributed by atoms with Gasteiger partial charge in [-0.1, -0.05) is 19.9 Å². The Kier molecular flexibility index (Phi) is 3.95. The molecule has 2 heterocycles. The summed E-state index contributed by atoms with van der Waals surface area (Å²) in [6, 6.07) is 0. The third kappa shape index (κ3) is 2.48. The van der Waals surface area contributed by atoms with Gasteiger partial charge in [0.2, 0.25) is 0 Å². The zero-order valence-corrected chi connectivity index (χ0v) is 18.2. The topological polar surface area (TPSA) is 55.8 Å². The maximum Gasteiger partial charge on any atom is 0.188 e. The summed E-state index contributed by atoms with van der Waals surface area (Å²) in [6.07, 6.45) is 9.22. The highest BCUT2D eigenvalue weighted by atomic mass is 16.6. The van der Waals surface area contributed by atoms with Gasteiger partial charge >= 0.3 is 0 Å². The molecule has 1 N–H and O–H groups in total. The minimum Gasteiger partial charge on any atom is -0.487 e. The fraction of sp³-hybridized carbons (Fsp3) is 0.720. The number of aliphatic hydroxyl groups excluding tert-OH is 1. The van der Waals surface area contributed by atoms with Crippen molar-refractivity contribution in [2.75, 3.05) is 0 Å². The smallest absolute Gasteiger partial charge is 0.188 e. The van der Waals surface area contributed by atoms with Gasteiger partial charge < -0.3 is 14.6 Å². The van der Waals surface area contributed by atoms with Crippen LogP contribution in [0.15, 0.2) is 35.6 Å². The quantitative estimate of drug-likeness (QED) is 0.704. The lowest BCUT2D eigenvalue weighted by Crippen LogP contribution is -2.47. The summed E-state index contributed by atoms with van der Waals surface area (Å²) in [6.45, 7) is 12.3. The van der Waals surface area contributed by atoms with E-state index in [1.54, 1.807) is 6.08 Å². The van der Waals surface area contributed by atoms with E-state index in [9.17, 15) is 9.90 Å². The van der Waals surface area contributed by atoms with Crippen LogP contribution in [0.2, 0.25) is 0 Å². The van der Waals surface area contributed by atoms with Crippen molar-refractivity contribution in [3.8, 4) is 0 Å². The Bertz CT molecular complexity index is 849. The normalized spacial score (nSPS) is 44.8. The molecule has 5 aliphatic rings. The Labute approximate surface area is 174 Å². The predicted molar refractivity (Wildman–Crippen MR) is 111 cm³/mol. The first-order valence-electron chi connectivity index (χ1n) is 11.3. The summed E-state index contributed by atoms with van der Waals surface area (Å²) in [4.78, 5) is 13.2. The maximum absolute atomic E-state index is 13.2. The highest BCUT2D eigenvalue weighted by molar-refractivity contribution is 6.10. The van der Waals surface area contributed by atoms with Crippen LogP contribution in [0.4, 0.5) is 0 Å². The van der Waals surface area contributed by atoms with Gasteiger partial charge in [-0.3, -0.25) is 4.79 Å². The number of allylic oxidation sites excluding steroid dienone is 3. The number of fused-ring (bicyclic) bond motifs is 3. The van der Waals surface area contributed by atoms with Crippen molar-refractivity contribution in [3.05, 3.63) is 35.6 Å². The molecular formula is C25H34O4. The number of hydrogen-bond donors (Lipinski definition) is 1. The van der Waals surface area contributed by atoms with E-state index in [4.69, 9.17) is 9.47 Å². The van der Waals surface area contributed by atoms with Gasteiger partial charge in [-0.25, -0.2) is 0 Å². The van der Waals surface area contributed by atoms with Gasteiger partial charge in [-0.15, -0.1) is 6.58 Å². The zero-order valence-electron chi connectivity index (χ0n) is 18.2. The van der Waals surface area contributed by atoms with Crippen molar-refractivity contribution in [1.29, 1.82) is 0 Å². The molecule has 0 aromatic carbocycles. The first-order valence-corrected chi connectivity index (χ1v) is 11.3. The summed E-state index contributed by atoms with van der Waals surface area (Å²) in [7, 11) is 0. The Hall–Kier alpha value is -1.39. The molecule has 3 aliphatic carbocycles. The van der Waals surface area contributed by atoms with E-state index >= 15 is 0 Å². The molecule has 1 saturated heterocycles. The SMILES string of the molecule is C=CCC1=CC2(CC(O)C(C)(C)O2)C2=C(CCC3(CCC4(C(C)C)CC34)O2)C1=O. The first kappa shape index (κ1) is 19.6. The van der Waals surface area contributed by atoms with Crippen molar-refractivity contribution >= 4 is 5.78 Å². The largest absolute Gasteiger partial charge is 0.487 e. The van der Waals surface area contributed by atoms with Crippen LogP contribution >= 0.6 is 0 Å². The number of aliphatic hydroxyl groups is 1. The number of rotatable bonds is 3. The maximum atomic E-state index is 13.2. The van der Waals surface area contributed by atoms with Crippen LogP contribution in [0, 0.1) is 17.3 Å². The fourth-order valence-corrected chi connectivity index (χ4v) is 6.85. The third-order valence-corrected chi connectivity index (χ3v) is 8.76. The van der Waals surface area contributed by atoms with E-state index < -0.39 is 17.3 Å². The third-order valence-electron chi connectivity index (χ3n) is 8.76. The van der Waals surface area contributed by atoms with Gasteiger partial charge in [-0.2, -0.15) is 0 Å². The molecule has 0 bridgehead atoms. The molecule has 4 nitrogen and oxygen atoms in total. The minimum absolute atomic E-state index is 0.0760. The summed E-state index contributed by atoms with van der Waals surface area (Å²) in [5, 5.41) is 10.7. The van der Waals surface area contributed by atoms with Crippen LogP contribution in [-0.4, -0.2) is 33.8 Å². The molecular weight excluding hydrogens is 364 g/mol. The van der Waals surface area contributed by atoms with Gasteiger partial charge in [0.25, 0.3) is 0 Å². The van der Waals surface area contributed by atoms with Crippen molar-refractivity contribution in [3.63, 3.8) is 0 Å². The fourth-order valence-electron chi connectivity index (χ4n) is 6.85. The molecule has 5 atom stereocenters. The lowest BCUT2D eigenvalue weighted by atomic mass is 9.76. The predicted octanol–water partition coefficient (Wildman–Crippen LogP) is 4.63. The molecule has 2 aliphatic heterocycles. The van der Waals surface area contributed by atoms with Gasteiger partial charge in [0.05, 0.1) is 11.7 Å². The molecule has 4 heteroatoms. The Morgan fingerprint density at radius 1 is 1.28 bits per heavy atom. The lowest BCUT2D eigenvalue weighted by Gasteiger charge is -2.45. The van der Waals surface area contributed by atoms with E-state index in [1.807, 2.05) is 19.9 Å². The second-order valence-electron chi connectivity index (χ2n) is 10.9. The van der Waals surface area contributed by atoms with Crippen LogP contribution in [-0.2, 0) is 14.3 Å². The molecule has 2 saturated carbocycles. The molecule has 29 heavy (non-hydrogen) atoms. The summed E-state index contributed by atoms with van der Waals surface area (Å²) in [5.41, 5.74) is 0.222. The number of carbonyl (C=O) groups excluding carboxylic acids is 1. The second-order valence-corrected chi connectivity index (χ2v) is 10.9. The summed E-state index contributed by atoms with van der Waals surface area (Å²) in [5.74, 6) is 2.02. The minimum atomic E-state index is -0.837. The first-order chi connectivity index (χ1) is 13.6. The number of Topliss-reactive ketones (excluding diaryl/α,β-unsaturated/α-hetero) is 1. The van der Waals surface area contributed by atoms with Gasteiger partial charge in [-0.05, 0) is 69.8 Å². The van der Waals surface area contributed by atoms with Crippen LogP contribution in [0.5, 0.6) is 0 Å². The van der Waals surface area contributed by atoms with E-state index in [0.717, 1.165) is 30.4 Å². The Morgan fingerprint density at radius 2 is 2.03 bits per heavy atom. The number of hydrogen-bond acceptors (Lipinski definition) is 4. The average Bonchev–Trinajstić information content (AvgIpc) is 3.28. The van der Waals surface area contributed by atoms with Crippen LogP contribution < -0.4 is 0 Å². The Balaban J connectivity index is 1.56. The van der Waals surface area contributed by atoms with E-state index in [-0.39, 0.29) is 11.4 Å². The van der Waals surface area contributed by atoms with Crippen molar-refractivity contribution < 1.29 is 19.4 Å². The zero-order chi connectivity index (χ0) is 20.8. The van der Waals surface area contributed by atoms with Gasteiger partial charge in [0, 0.05) is 23.5 Å². The molecule has 0 aromatic rings. The van der Waals surface area contributed by atoms with E-state index in [1.165, 1.54) is 12.8 Å². The number of carbonyl (C=O) groups is 1. The van der Waals surface area contributed by atoms with Crippen molar-refractivity contribution in [2.24, 2.45) is 17.3 Å². The van der Waals surface area contributed by atoms with Crippen LogP contribution in [0.3, 0.4) is 0 Å². The highest BCUT2D eigenvalue weighted by Crippen LogP contribution is 2.74. The molecule has 5 rings (SSSR count). The van der Waals surface area contributed by atoms with Crippen molar-refractivity contribution in [1.82, 2.24) is 0 Å². The number of ketones is 1. The molecule has 158 valence electrons. The highest BCUT2D eigenvalue weighted by Gasteiger charge is 2.72. The molecule has 0 amide bonds. The molecule has 0 radical (unpaired) electrons. The van der Waals surface area contributed by atoms with E-state index in [0.29, 0.717) is 35.9 Å². The van der Waals surface area contributed by atoms with Gasteiger partial charge in [0.1, 0.15) is 17.0 Å². The van der Waals surface area contributed by atoms with Crippen LogP contribution in [0.1, 0.15) is 72.6 Å². The molecule has 0 aromatic heterocycles. The Morgan fingerprint density at radius 3 is 2.59 bits per heavy atom. The van der Waals surface area contributed by atoms with Gasteiger partial charge in [0.15, 0.2) is 5.78 Å². The monoisotopic (exact) mass is 398 g/mol. The summed E-state index contributed by atoms with van der Waals surface area (Å²) >= 11 is 0. The molecule has 3 fully saturated rings. The second kappa shape index (κ2) is 5.85. The number of ether oxygens (including phenoxy) is 2.